The zero-order valence-corrected chi connectivity index (χ0v) is 11.6. The van der Waals surface area contributed by atoms with Gasteiger partial charge in [-0.1, -0.05) is 12.8 Å². The number of hydrogen-bond donors (Lipinski definition) is 2. The van der Waals surface area contributed by atoms with Crippen molar-refractivity contribution in [3.8, 4) is 0 Å². The van der Waals surface area contributed by atoms with Crippen LogP contribution in [-0.4, -0.2) is 43.5 Å². The van der Waals surface area contributed by atoms with Crippen molar-refractivity contribution in [1.29, 1.82) is 0 Å². The van der Waals surface area contributed by atoms with Crippen LogP contribution in [0.2, 0.25) is 0 Å². The number of rotatable bonds is 4. The minimum Gasteiger partial charge on any atom is -0.359 e. The molecule has 2 fully saturated rings. The Kier molecular flexibility index (Phi) is 4.62. The molecule has 3 N–H and O–H groups in total. The maximum atomic E-state index is 11.5. The molecule has 1 aliphatic carbocycles. The summed E-state index contributed by atoms with van der Waals surface area (Å²) >= 11 is 0. The Morgan fingerprint density at radius 3 is 2.39 bits per heavy atom. The van der Waals surface area contributed by atoms with Crippen LogP contribution in [0.25, 0.3) is 0 Å². The van der Waals surface area contributed by atoms with E-state index >= 15 is 0 Å². The number of nitrogens with two attached hydrogens (primary N) is 1. The average molecular weight is 253 g/mol. The second-order valence-corrected chi connectivity index (χ2v) is 6.01. The fraction of sp³-hybridized carbons (Fsp3) is 0.929. The second-order valence-electron chi connectivity index (χ2n) is 6.01. The summed E-state index contributed by atoms with van der Waals surface area (Å²) in [5.41, 5.74) is 6.47. The van der Waals surface area contributed by atoms with Gasteiger partial charge in [-0.25, -0.2) is 0 Å². The Morgan fingerprint density at radius 1 is 1.28 bits per heavy atom. The molecule has 104 valence electrons. The highest BCUT2D eigenvalue weighted by Gasteiger charge is 2.38. The molecule has 0 aromatic carbocycles. The van der Waals surface area contributed by atoms with Crippen molar-refractivity contribution in [1.82, 2.24) is 10.2 Å². The Balaban J connectivity index is 1.85. The summed E-state index contributed by atoms with van der Waals surface area (Å²) in [5, 5.41) is 2.70. The SMILES string of the molecule is CNC(=O)CC(CN)N1CCC2(CCCC2)CC1. The molecule has 0 radical (unpaired) electrons. The highest BCUT2D eigenvalue weighted by Crippen LogP contribution is 2.46. The summed E-state index contributed by atoms with van der Waals surface area (Å²) in [6.45, 7) is 2.83. The van der Waals surface area contributed by atoms with Gasteiger partial charge in [-0.15, -0.1) is 0 Å². The van der Waals surface area contributed by atoms with Gasteiger partial charge in [-0.3, -0.25) is 9.69 Å². The van der Waals surface area contributed by atoms with Crippen molar-refractivity contribution in [2.24, 2.45) is 11.1 Å². The highest BCUT2D eigenvalue weighted by atomic mass is 16.1. The van der Waals surface area contributed by atoms with Crippen LogP contribution >= 0.6 is 0 Å². The second kappa shape index (κ2) is 6.02. The third-order valence-corrected chi connectivity index (χ3v) is 5.01. The average Bonchev–Trinajstić information content (AvgIpc) is 2.85. The van der Waals surface area contributed by atoms with E-state index in [1.54, 1.807) is 7.05 Å². The van der Waals surface area contributed by atoms with E-state index in [1.165, 1.54) is 38.5 Å². The van der Waals surface area contributed by atoms with Crippen LogP contribution in [0.3, 0.4) is 0 Å². The van der Waals surface area contributed by atoms with Gasteiger partial charge in [0, 0.05) is 26.1 Å². The van der Waals surface area contributed by atoms with E-state index in [-0.39, 0.29) is 11.9 Å². The number of amides is 1. The van der Waals surface area contributed by atoms with E-state index in [2.05, 4.69) is 10.2 Å². The zero-order chi connectivity index (χ0) is 13.0. The topological polar surface area (TPSA) is 58.4 Å². The molecule has 1 aliphatic heterocycles. The summed E-state index contributed by atoms with van der Waals surface area (Å²) in [7, 11) is 1.69. The van der Waals surface area contributed by atoms with Crippen LogP contribution in [0.4, 0.5) is 0 Å². The van der Waals surface area contributed by atoms with Gasteiger partial charge in [0.15, 0.2) is 0 Å². The molecule has 1 heterocycles. The van der Waals surface area contributed by atoms with Crippen molar-refractivity contribution in [2.75, 3.05) is 26.7 Å². The molecule has 2 aliphatic rings. The van der Waals surface area contributed by atoms with E-state index in [4.69, 9.17) is 5.73 Å². The molecule has 0 bridgehead atoms. The molecule has 1 unspecified atom stereocenters. The number of carbonyl (C=O) groups is 1. The smallest absolute Gasteiger partial charge is 0.221 e. The molecule has 0 aromatic heterocycles. The largest absolute Gasteiger partial charge is 0.359 e. The van der Waals surface area contributed by atoms with Gasteiger partial charge in [0.1, 0.15) is 0 Å². The van der Waals surface area contributed by atoms with Gasteiger partial charge in [0.2, 0.25) is 5.91 Å². The fourth-order valence-electron chi connectivity index (χ4n) is 3.67. The Bertz CT molecular complexity index is 277. The minimum atomic E-state index is 0.103. The maximum Gasteiger partial charge on any atom is 0.221 e. The number of nitrogens with one attached hydrogen (secondary N) is 1. The summed E-state index contributed by atoms with van der Waals surface area (Å²) < 4.78 is 0. The van der Waals surface area contributed by atoms with Crippen molar-refractivity contribution in [3.05, 3.63) is 0 Å². The van der Waals surface area contributed by atoms with E-state index in [0.29, 0.717) is 18.4 Å². The molecule has 1 amide bonds. The predicted octanol–water partition coefficient (Wildman–Crippen LogP) is 1.11. The monoisotopic (exact) mass is 253 g/mol. The number of hydrogen-bond acceptors (Lipinski definition) is 3. The molecule has 1 spiro atoms. The predicted molar refractivity (Wildman–Crippen MR) is 73.2 cm³/mol. The lowest BCUT2D eigenvalue weighted by Crippen LogP contribution is -2.49. The van der Waals surface area contributed by atoms with Gasteiger partial charge in [0.05, 0.1) is 0 Å². The third-order valence-electron chi connectivity index (χ3n) is 5.01. The number of piperidine rings is 1. The Hall–Kier alpha value is -0.610. The molecule has 2 rings (SSSR count). The standard InChI is InChI=1S/C14H27N3O/c1-16-13(18)10-12(11-15)17-8-6-14(7-9-17)4-2-3-5-14/h12H,2-11,15H2,1H3,(H,16,18). The number of likely N-dealkylation sites (tertiary alicyclic amines) is 1. The van der Waals surface area contributed by atoms with Gasteiger partial charge in [0.25, 0.3) is 0 Å². The molecule has 1 atom stereocenters. The van der Waals surface area contributed by atoms with Crippen LogP contribution in [0.15, 0.2) is 0 Å². The van der Waals surface area contributed by atoms with E-state index in [0.717, 1.165) is 13.1 Å². The normalized spacial score (nSPS) is 25.2. The first kappa shape index (κ1) is 13.8. The lowest BCUT2D eigenvalue weighted by molar-refractivity contribution is -0.122. The Morgan fingerprint density at radius 2 is 1.89 bits per heavy atom. The van der Waals surface area contributed by atoms with E-state index < -0.39 is 0 Å². The summed E-state index contributed by atoms with van der Waals surface area (Å²) in [4.78, 5) is 13.9. The lowest BCUT2D eigenvalue weighted by Gasteiger charge is -2.42. The molecule has 1 saturated carbocycles. The number of carbonyl (C=O) groups excluding carboxylic acids is 1. The molecule has 18 heavy (non-hydrogen) atoms. The van der Waals surface area contributed by atoms with Gasteiger partial charge < -0.3 is 11.1 Å². The lowest BCUT2D eigenvalue weighted by atomic mass is 9.76. The van der Waals surface area contributed by atoms with Crippen LogP contribution in [0.5, 0.6) is 0 Å². The van der Waals surface area contributed by atoms with Gasteiger partial charge >= 0.3 is 0 Å². The van der Waals surface area contributed by atoms with Crippen molar-refractivity contribution in [3.63, 3.8) is 0 Å². The summed E-state index contributed by atoms with van der Waals surface area (Å²) in [5.74, 6) is 0.103. The molecular formula is C14H27N3O. The van der Waals surface area contributed by atoms with Crippen LogP contribution in [0, 0.1) is 5.41 Å². The third kappa shape index (κ3) is 3.04. The molecule has 4 heteroatoms. The molecular weight excluding hydrogens is 226 g/mol. The summed E-state index contributed by atoms with van der Waals surface area (Å²) in [6, 6.07) is 0.226. The van der Waals surface area contributed by atoms with Gasteiger partial charge in [-0.05, 0) is 44.2 Å². The van der Waals surface area contributed by atoms with Crippen molar-refractivity contribution in [2.45, 2.75) is 51.0 Å². The first-order chi connectivity index (χ1) is 8.69. The van der Waals surface area contributed by atoms with Crippen molar-refractivity contribution < 1.29 is 4.79 Å². The molecule has 4 nitrogen and oxygen atoms in total. The zero-order valence-electron chi connectivity index (χ0n) is 11.6. The summed E-state index contributed by atoms with van der Waals surface area (Å²) in [6.07, 6.45) is 8.82. The first-order valence-electron chi connectivity index (χ1n) is 7.34. The maximum absolute atomic E-state index is 11.5. The van der Waals surface area contributed by atoms with Crippen LogP contribution in [-0.2, 0) is 4.79 Å². The highest BCUT2D eigenvalue weighted by molar-refractivity contribution is 5.76. The van der Waals surface area contributed by atoms with E-state index in [9.17, 15) is 4.79 Å². The number of nitrogens with zero attached hydrogens (tertiary/aromatic N) is 1. The van der Waals surface area contributed by atoms with Crippen LogP contribution < -0.4 is 11.1 Å². The first-order valence-corrected chi connectivity index (χ1v) is 7.34. The van der Waals surface area contributed by atoms with Crippen molar-refractivity contribution >= 4 is 5.91 Å². The van der Waals surface area contributed by atoms with E-state index in [1.807, 2.05) is 0 Å². The van der Waals surface area contributed by atoms with Gasteiger partial charge in [-0.2, -0.15) is 0 Å². The quantitative estimate of drug-likeness (QED) is 0.789. The minimum absolute atomic E-state index is 0.103. The Labute approximate surface area is 110 Å². The fourth-order valence-corrected chi connectivity index (χ4v) is 3.67. The van der Waals surface area contributed by atoms with Crippen LogP contribution in [0.1, 0.15) is 44.9 Å². The molecule has 1 saturated heterocycles. The molecule has 0 aromatic rings.